The molecule has 0 unspecified atom stereocenters. The third-order valence-electron chi connectivity index (χ3n) is 5.61. The lowest BCUT2D eigenvalue weighted by atomic mass is 9.86. The highest BCUT2D eigenvalue weighted by Gasteiger charge is 2.21. The monoisotopic (exact) mass is 532 g/mol. The molecule has 190 valence electrons. The van der Waals surface area contributed by atoms with Gasteiger partial charge in [0.25, 0.3) is 0 Å². The van der Waals surface area contributed by atoms with Gasteiger partial charge in [0.05, 0.1) is 16.0 Å². The van der Waals surface area contributed by atoms with Crippen LogP contribution in [0.15, 0.2) is 45.8 Å². The number of rotatable bonds is 9. The summed E-state index contributed by atoms with van der Waals surface area (Å²) in [6.45, 7) is 18.3. The fourth-order valence-electron chi connectivity index (χ4n) is 3.56. The zero-order valence-electron chi connectivity index (χ0n) is 22.1. The summed E-state index contributed by atoms with van der Waals surface area (Å²) in [6.07, 6.45) is 1.48. The molecule has 0 fully saturated rings. The fourth-order valence-corrected chi connectivity index (χ4v) is 5.31. The molecule has 0 amide bonds. The van der Waals surface area contributed by atoms with Crippen LogP contribution in [0.4, 0.5) is 0 Å². The molecule has 0 bridgehead atoms. The van der Waals surface area contributed by atoms with Crippen LogP contribution in [0.3, 0.4) is 0 Å². The van der Waals surface area contributed by atoms with Crippen molar-refractivity contribution in [1.29, 1.82) is 0 Å². The predicted octanol–water partition coefficient (Wildman–Crippen LogP) is 7.46. The maximum atomic E-state index is 13.5. The largest absolute Gasteiger partial charge is 0.547 e. The summed E-state index contributed by atoms with van der Waals surface area (Å²) in [5.41, 5.74) is 2.41. The van der Waals surface area contributed by atoms with E-state index < -0.39 is 17.1 Å². The standard InChI is InChI=1S/C27H37ClO5Si2/c1-27(2,3)18-9-10-20(23(13-18)33-34(4)5)21-16-31-24-15-19(14-22(28)25(24)26(21)29)32-17-30-11-12-35(6,7)8/h9-10,13-16,34H,11-12,17H2,1-8H3. The molecule has 35 heavy (non-hydrogen) atoms. The number of hydrogen-bond acceptors (Lipinski definition) is 5. The van der Waals surface area contributed by atoms with Gasteiger partial charge in [-0.05, 0) is 42.2 Å². The summed E-state index contributed by atoms with van der Waals surface area (Å²) in [7, 11) is -2.57. The number of benzene rings is 2. The molecule has 1 heterocycles. The Morgan fingerprint density at radius 1 is 1.06 bits per heavy atom. The Morgan fingerprint density at radius 3 is 2.40 bits per heavy atom. The minimum Gasteiger partial charge on any atom is -0.547 e. The van der Waals surface area contributed by atoms with Crippen LogP contribution < -0.4 is 14.6 Å². The van der Waals surface area contributed by atoms with Gasteiger partial charge in [-0.1, -0.05) is 64.1 Å². The highest BCUT2D eigenvalue weighted by Crippen LogP contribution is 2.36. The smallest absolute Gasteiger partial charge is 0.229 e. The summed E-state index contributed by atoms with van der Waals surface area (Å²) < 4.78 is 23.4. The Morgan fingerprint density at radius 2 is 1.77 bits per heavy atom. The van der Waals surface area contributed by atoms with Crippen molar-refractivity contribution in [2.45, 2.75) is 65.0 Å². The van der Waals surface area contributed by atoms with Crippen LogP contribution in [0.1, 0.15) is 26.3 Å². The van der Waals surface area contributed by atoms with Gasteiger partial charge in [0, 0.05) is 26.3 Å². The maximum absolute atomic E-state index is 13.5. The Labute approximate surface area is 216 Å². The van der Waals surface area contributed by atoms with E-state index in [2.05, 4.69) is 53.5 Å². The average molecular weight is 533 g/mol. The number of fused-ring (bicyclic) bond motifs is 1. The molecule has 0 spiro atoms. The topological polar surface area (TPSA) is 57.9 Å². The fraction of sp³-hybridized carbons (Fsp3) is 0.444. The van der Waals surface area contributed by atoms with Crippen molar-refractivity contribution in [3.63, 3.8) is 0 Å². The lowest BCUT2D eigenvalue weighted by Crippen LogP contribution is -2.22. The van der Waals surface area contributed by atoms with Crippen molar-refractivity contribution in [3.8, 4) is 22.6 Å². The first-order chi connectivity index (χ1) is 16.3. The molecule has 3 rings (SSSR count). The van der Waals surface area contributed by atoms with Crippen LogP contribution in [0, 0.1) is 0 Å². The van der Waals surface area contributed by atoms with Gasteiger partial charge in [0.15, 0.2) is 6.79 Å². The molecule has 0 aliphatic heterocycles. The summed E-state index contributed by atoms with van der Waals surface area (Å²) in [5, 5.41) is 0.603. The van der Waals surface area contributed by atoms with E-state index in [1.54, 1.807) is 12.1 Å². The zero-order chi connectivity index (χ0) is 26.0. The van der Waals surface area contributed by atoms with Crippen LogP contribution >= 0.6 is 11.6 Å². The van der Waals surface area contributed by atoms with Crippen LogP contribution in [-0.4, -0.2) is 30.5 Å². The number of ether oxygens (including phenoxy) is 2. The Hall–Kier alpha value is -2.07. The average Bonchev–Trinajstić information content (AvgIpc) is 2.72. The van der Waals surface area contributed by atoms with E-state index >= 15 is 0 Å². The summed E-state index contributed by atoms with van der Waals surface area (Å²) in [5.74, 6) is 1.20. The van der Waals surface area contributed by atoms with Gasteiger partial charge in [-0.2, -0.15) is 0 Å². The van der Waals surface area contributed by atoms with E-state index in [1.165, 1.54) is 6.26 Å². The SMILES string of the molecule is C[SiH](C)Oc1cc(C(C)(C)C)ccc1-c1coc2cc(OCOCC[Si](C)(C)C)cc(Cl)c2c1=O. The van der Waals surface area contributed by atoms with Crippen LogP contribution in [0.25, 0.3) is 22.1 Å². The second kappa shape index (κ2) is 10.9. The van der Waals surface area contributed by atoms with Crippen LogP contribution in [0.2, 0.25) is 43.8 Å². The van der Waals surface area contributed by atoms with Gasteiger partial charge in [0.1, 0.15) is 23.3 Å². The molecule has 0 aliphatic carbocycles. The first-order valence-electron chi connectivity index (χ1n) is 12.0. The van der Waals surface area contributed by atoms with Crippen LogP contribution in [0.5, 0.6) is 11.5 Å². The quantitative estimate of drug-likeness (QED) is 0.162. The Bertz CT molecular complexity index is 1240. The van der Waals surface area contributed by atoms with E-state index in [0.717, 1.165) is 11.6 Å². The second-order valence-electron chi connectivity index (χ2n) is 11.4. The van der Waals surface area contributed by atoms with Gasteiger partial charge in [-0.15, -0.1) is 0 Å². The van der Waals surface area contributed by atoms with E-state index in [-0.39, 0.29) is 22.7 Å². The van der Waals surface area contributed by atoms with Crippen molar-refractivity contribution in [2.24, 2.45) is 0 Å². The van der Waals surface area contributed by atoms with Crippen LogP contribution in [-0.2, 0) is 10.2 Å². The summed E-state index contributed by atoms with van der Waals surface area (Å²) in [6, 6.07) is 10.4. The van der Waals surface area contributed by atoms with E-state index in [4.69, 9.17) is 29.9 Å². The van der Waals surface area contributed by atoms with Crippen molar-refractivity contribution in [1.82, 2.24) is 0 Å². The molecule has 8 heteroatoms. The first-order valence-corrected chi connectivity index (χ1v) is 18.9. The predicted molar refractivity (Wildman–Crippen MR) is 151 cm³/mol. The molecule has 0 radical (unpaired) electrons. The molecule has 0 aliphatic rings. The minimum absolute atomic E-state index is 0.0403. The van der Waals surface area contributed by atoms with Crippen molar-refractivity contribution >= 4 is 39.7 Å². The molecular weight excluding hydrogens is 496 g/mol. The molecule has 3 aromatic rings. The molecule has 0 atom stereocenters. The van der Waals surface area contributed by atoms with Gasteiger partial charge < -0.3 is 18.3 Å². The Kier molecular flexibility index (Phi) is 8.57. The third-order valence-corrected chi connectivity index (χ3v) is 8.34. The molecule has 5 nitrogen and oxygen atoms in total. The number of hydrogen-bond donors (Lipinski definition) is 0. The number of halogens is 1. The summed E-state index contributed by atoms with van der Waals surface area (Å²) in [4.78, 5) is 13.5. The van der Waals surface area contributed by atoms with E-state index in [9.17, 15) is 4.79 Å². The third kappa shape index (κ3) is 7.22. The van der Waals surface area contributed by atoms with Gasteiger partial charge >= 0.3 is 0 Å². The minimum atomic E-state index is -1.42. The molecule has 2 aromatic carbocycles. The van der Waals surface area contributed by atoms with E-state index in [1.807, 2.05) is 18.2 Å². The highest BCUT2D eigenvalue weighted by molar-refractivity contribution is 6.76. The zero-order valence-corrected chi connectivity index (χ0v) is 25.0. The highest BCUT2D eigenvalue weighted by atomic mass is 35.5. The second-order valence-corrected chi connectivity index (χ2v) is 19.7. The Balaban J connectivity index is 1.93. The summed E-state index contributed by atoms with van der Waals surface area (Å²) >= 11 is 6.54. The van der Waals surface area contributed by atoms with E-state index in [0.29, 0.717) is 40.2 Å². The van der Waals surface area contributed by atoms with Gasteiger partial charge in [-0.25, -0.2) is 0 Å². The lowest BCUT2D eigenvalue weighted by molar-refractivity contribution is 0.0221. The first kappa shape index (κ1) is 27.5. The maximum Gasteiger partial charge on any atom is 0.229 e. The normalized spacial score (nSPS) is 12.4. The van der Waals surface area contributed by atoms with Crippen molar-refractivity contribution in [2.75, 3.05) is 13.4 Å². The molecule has 0 N–H and O–H groups in total. The molecule has 0 saturated carbocycles. The molecule has 0 saturated heterocycles. The van der Waals surface area contributed by atoms with Crippen molar-refractivity contribution in [3.05, 3.63) is 57.4 Å². The molecular formula is C27H37ClO5Si2. The lowest BCUT2D eigenvalue weighted by Gasteiger charge is -2.22. The van der Waals surface area contributed by atoms with Gasteiger partial charge in [-0.3, -0.25) is 4.79 Å². The van der Waals surface area contributed by atoms with Gasteiger partial charge in [0.2, 0.25) is 14.5 Å². The van der Waals surface area contributed by atoms with Crippen molar-refractivity contribution < 1.29 is 18.3 Å². The molecule has 1 aromatic heterocycles.